The van der Waals surface area contributed by atoms with E-state index in [1.807, 2.05) is 0 Å². The van der Waals surface area contributed by atoms with Gasteiger partial charge in [0.25, 0.3) is 0 Å². The van der Waals surface area contributed by atoms with Gasteiger partial charge in [0, 0.05) is 0 Å². The van der Waals surface area contributed by atoms with Crippen molar-refractivity contribution < 1.29 is 10.1 Å². The Labute approximate surface area is 170 Å². The summed E-state index contributed by atoms with van der Waals surface area (Å²) < 4.78 is 0. The first kappa shape index (κ1) is 25.0. The van der Waals surface area contributed by atoms with E-state index in [-0.39, 0.29) is 21.8 Å². The minimum atomic E-state index is -0.326. The molecule has 1 N–H and O–H groups in total. The van der Waals surface area contributed by atoms with Gasteiger partial charge in [-0.15, -0.1) is 0 Å². The van der Waals surface area contributed by atoms with Crippen LogP contribution in [0.4, 0.5) is 0 Å². The molecular weight excluding hydrogens is 332 g/mol. The zero-order chi connectivity index (χ0) is 21.4. The fourth-order valence-electron chi connectivity index (χ4n) is 7.23. The quantitative estimate of drug-likeness (QED) is 0.353. The summed E-state index contributed by atoms with van der Waals surface area (Å²) in [4.78, 5) is 5.14. The molecule has 0 aromatic carbocycles. The highest BCUT2D eigenvalue weighted by molar-refractivity contribution is 5.08. The molecule has 1 rings (SSSR count). The van der Waals surface area contributed by atoms with Crippen molar-refractivity contribution in [1.82, 2.24) is 0 Å². The first-order valence-electron chi connectivity index (χ1n) is 11.3. The van der Waals surface area contributed by atoms with Crippen LogP contribution >= 0.6 is 0 Å². The van der Waals surface area contributed by atoms with Crippen LogP contribution in [-0.4, -0.2) is 10.9 Å². The Morgan fingerprint density at radius 3 is 1.33 bits per heavy atom. The van der Waals surface area contributed by atoms with E-state index in [1.165, 1.54) is 12.8 Å². The van der Waals surface area contributed by atoms with E-state index in [0.29, 0.717) is 10.8 Å². The highest BCUT2D eigenvalue weighted by atomic mass is 17.1. The standard InChI is InChI=1S/C25H50O2/c1-12-13-24(27-26)14-16-25(17-15-24,22(8,9)18-20(2,3)4)23(10,11)19-21(5,6)7/h26H,12-19H2,1-11H3. The highest BCUT2D eigenvalue weighted by Gasteiger charge is 2.58. The first-order valence-corrected chi connectivity index (χ1v) is 11.3. The summed E-state index contributed by atoms with van der Waals surface area (Å²) in [5, 5.41) is 9.72. The third-order valence-corrected chi connectivity index (χ3v) is 7.45. The van der Waals surface area contributed by atoms with Gasteiger partial charge in [-0.05, 0) is 72.0 Å². The van der Waals surface area contributed by atoms with Crippen LogP contribution in [0.15, 0.2) is 0 Å². The maximum Gasteiger partial charge on any atom is 0.103 e. The average molecular weight is 383 g/mol. The molecule has 27 heavy (non-hydrogen) atoms. The lowest BCUT2D eigenvalue weighted by Gasteiger charge is -2.62. The molecule has 0 aromatic rings. The molecule has 1 aliphatic rings. The van der Waals surface area contributed by atoms with Crippen LogP contribution in [0.2, 0.25) is 0 Å². The second-order valence-electron chi connectivity index (χ2n) is 13.3. The molecule has 1 saturated carbocycles. The minimum absolute atomic E-state index is 0.230. The van der Waals surface area contributed by atoms with Gasteiger partial charge in [0.2, 0.25) is 0 Å². The van der Waals surface area contributed by atoms with Gasteiger partial charge in [0.1, 0.15) is 5.60 Å². The zero-order valence-corrected chi connectivity index (χ0v) is 20.5. The van der Waals surface area contributed by atoms with Gasteiger partial charge < -0.3 is 0 Å². The molecule has 1 fully saturated rings. The molecule has 0 saturated heterocycles. The van der Waals surface area contributed by atoms with E-state index in [4.69, 9.17) is 4.89 Å². The Balaban J connectivity index is 3.35. The molecule has 0 heterocycles. The normalized spacial score (nSPS) is 21.3. The number of hydrogen-bond acceptors (Lipinski definition) is 2. The molecule has 0 amide bonds. The monoisotopic (exact) mass is 382 g/mol. The van der Waals surface area contributed by atoms with Crippen molar-refractivity contribution in [3.05, 3.63) is 0 Å². The van der Waals surface area contributed by atoms with Crippen LogP contribution in [0.3, 0.4) is 0 Å². The number of hydrogen-bond donors (Lipinski definition) is 1. The lowest BCUT2D eigenvalue weighted by molar-refractivity contribution is -0.341. The van der Waals surface area contributed by atoms with Crippen molar-refractivity contribution in [2.45, 2.75) is 133 Å². The van der Waals surface area contributed by atoms with E-state index in [9.17, 15) is 5.26 Å². The van der Waals surface area contributed by atoms with Gasteiger partial charge in [0.05, 0.1) is 0 Å². The third-order valence-electron chi connectivity index (χ3n) is 7.45. The van der Waals surface area contributed by atoms with Crippen molar-refractivity contribution in [2.75, 3.05) is 0 Å². The summed E-state index contributed by atoms with van der Waals surface area (Å²) in [5.41, 5.74) is 0.991. The van der Waals surface area contributed by atoms with Crippen molar-refractivity contribution >= 4 is 0 Å². The lowest BCUT2D eigenvalue weighted by Crippen LogP contribution is -2.55. The fourth-order valence-corrected chi connectivity index (χ4v) is 7.23. The van der Waals surface area contributed by atoms with Gasteiger partial charge in [-0.3, -0.25) is 5.26 Å². The fraction of sp³-hybridized carbons (Fsp3) is 1.00. The summed E-state index contributed by atoms with van der Waals surface area (Å²) in [5.74, 6) is 0. The largest absolute Gasteiger partial charge is 0.251 e. The van der Waals surface area contributed by atoms with Gasteiger partial charge in [-0.25, -0.2) is 4.89 Å². The second-order valence-corrected chi connectivity index (χ2v) is 13.3. The van der Waals surface area contributed by atoms with E-state index < -0.39 is 0 Å². The molecule has 0 aromatic heterocycles. The molecule has 2 heteroatoms. The number of rotatable bonds is 7. The van der Waals surface area contributed by atoms with E-state index in [1.54, 1.807) is 0 Å². The molecule has 0 bridgehead atoms. The summed E-state index contributed by atoms with van der Waals surface area (Å²) >= 11 is 0. The molecule has 0 atom stereocenters. The molecule has 2 nitrogen and oxygen atoms in total. The Bertz CT molecular complexity index is 436. The summed E-state index contributed by atoms with van der Waals surface area (Å²) in [6.07, 6.45) is 8.67. The van der Waals surface area contributed by atoms with Crippen molar-refractivity contribution in [1.29, 1.82) is 0 Å². The summed E-state index contributed by atoms with van der Waals surface area (Å²) in [6, 6.07) is 0. The minimum Gasteiger partial charge on any atom is -0.251 e. The van der Waals surface area contributed by atoms with Crippen LogP contribution in [0.25, 0.3) is 0 Å². The highest BCUT2D eigenvalue weighted by Crippen LogP contribution is 2.66. The van der Waals surface area contributed by atoms with Crippen LogP contribution in [-0.2, 0) is 4.89 Å². The van der Waals surface area contributed by atoms with Gasteiger partial charge in [0.15, 0.2) is 0 Å². The third kappa shape index (κ3) is 5.72. The Hall–Kier alpha value is -0.0800. The molecule has 162 valence electrons. The lowest BCUT2D eigenvalue weighted by atomic mass is 9.43. The van der Waals surface area contributed by atoms with Crippen molar-refractivity contribution in [3.8, 4) is 0 Å². The summed E-state index contributed by atoms with van der Waals surface area (Å²) in [7, 11) is 0. The summed E-state index contributed by atoms with van der Waals surface area (Å²) in [6.45, 7) is 26.5. The molecule has 1 aliphatic carbocycles. The smallest absolute Gasteiger partial charge is 0.103 e. The van der Waals surface area contributed by atoms with Crippen molar-refractivity contribution in [2.24, 2.45) is 27.1 Å². The SMILES string of the molecule is CCCC1(OO)CCC(C(C)(C)CC(C)(C)C)(C(C)(C)CC(C)(C)C)CC1. The van der Waals surface area contributed by atoms with Gasteiger partial charge in [-0.2, -0.15) is 0 Å². The Morgan fingerprint density at radius 2 is 1.07 bits per heavy atom. The average Bonchev–Trinajstić information content (AvgIpc) is 2.42. The van der Waals surface area contributed by atoms with Gasteiger partial charge >= 0.3 is 0 Å². The maximum atomic E-state index is 9.72. The van der Waals surface area contributed by atoms with Gasteiger partial charge in [-0.1, -0.05) is 82.6 Å². The van der Waals surface area contributed by atoms with Crippen LogP contribution < -0.4 is 0 Å². The van der Waals surface area contributed by atoms with E-state index >= 15 is 0 Å². The molecule has 0 spiro atoms. The van der Waals surface area contributed by atoms with Crippen LogP contribution in [0.5, 0.6) is 0 Å². The Morgan fingerprint density at radius 1 is 0.704 bits per heavy atom. The first-order chi connectivity index (χ1) is 11.9. The van der Waals surface area contributed by atoms with Crippen molar-refractivity contribution in [3.63, 3.8) is 0 Å². The molecule has 0 unspecified atom stereocenters. The molecule has 0 aliphatic heterocycles. The van der Waals surface area contributed by atoms with E-state index in [0.717, 1.165) is 38.5 Å². The predicted molar refractivity (Wildman–Crippen MR) is 118 cm³/mol. The molecular formula is C25H50O2. The van der Waals surface area contributed by atoms with Crippen LogP contribution in [0.1, 0.15) is 128 Å². The second kappa shape index (κ2) is 7.98. The predicted octanol–water partition coefficient (Wildman–Crippen LogP) is 8.50. The molecule has 0 radical (unpaired) electrons. The topological polar surface area (TPSA) is 29.5 Å². The zero-order valence-electron chi connectivity index (χ0n) is 20.5. The maximum absolute atomic E-state index is 9.72. The van der Waals surface area contributed by atoms with E-state index in [2.05, 4.69) is 76.2 Å². The van der Waals surface area contributed by atoms with Crippen LogP contribution in [0, 0.1) is 27.1 Å². The Kier molecular flexibility index (Phi) is 7.37.